The maximum Gasteiger partial charge on any atom is 0.150 e. The van der Waals surface area contributed by atoms with Crippen molar-refractivity contribution in [1.29, 1.82) is 0 Å². The maximum atomic E-state index is 11.3. The van der Waals surface area contributed by atoms with Gasteiger partial charge in [-0.25, -0.2) is 8.42 Å². The van der Waals surface area contributed by atoms with E-state index in [2.05, 4.69) is 19.0 Å². The Morgan fingerprint density at radius 3 is 2.07 bits per heavy atom. The molecule has 2 saturated heterocycles. The summed E-state index contributed by atoms with van der Waals surface area (Å²) in [7, 11) is 0.0250. The van der Waals surface area contributed by atoms with Gasteiger partial charge in [-0.1, -0.05) is 9.39 Å². The summed E-state index contributed by atoms with van der Waals surface area (Å²) in [4.78, 5) is 2.45. The van der Waals surface area contributed by atoms with Gasteiger partial charge in [0.05, 0.1) is 11.5 Å². The molecule has 0 bridgehead atoms. The highest BCUT2D eigenvalue weighted by atomic mass is 32.2. The Hall–Kier alpha value is 0.300. The average molecular weight is 250 g/mol. The minimum Gasteiger partial charge on any atom is -0.298 e. The Morgan fingerprint density at radius 2 is 1.53 bits per heavy atom. The fraction of sp³-hybridized carbons (Fsp3) is 1.00. The first-order valence-corrected chi connectivity index (χ1v) is 7.85. The minimum absolute atomic E-state index is 0.388. The van der Waals surface area contributed by atoms with E-state index in [1.165, 1.54) is 0 Å². The summed E-state index contributed by atoms with van der Waals surface area (Å²) in [6.45, 7) is 4.31. The first-order valence-electron chi connectivity index (χ1n) is 5.51. The van der Waals surface area contributed by atoms with Crippen LogP contribution in [0, 0.1) is 0 Å². The molecule has 1 atom stereocenters. The molecule has 15 heavy (non-hydrogen) atoms. The van der Waals surface area contributed by atoms with Crippen LogP contribution in [0.15, 0.2) is 0 Å². The van der Waals surface area contributed by atoms with Crippen molar-refractivity contribution in [2.45, 2.75) is 18.9 Å². The Labute approximate surface area is 94.2 Å². The van der Waals surface area contributed by atoms with Gasteiger partial charge in [0, 0.05) is 32.2 Å². The predicted molar refractivity (Wildman–Crippen MR) is 64.5 cm³/mol. The average Bonchev–Trinajstić information content (AvgIpc) is 2.20. The van der Waals surface area contributed by atoms with Crippen molar-refractivity contribution in [3.63, 3.8) is 0 Å². The third kappa shape index (κ3) is 3.13. The van der Waals surface area contributed by atoms with E-state index in [9.17, 15) is 8.42 Å². The molecule has 2 aliphatic heterocycles. The molecule has 0 radical (unpaired) electrons. The van der Waals surface area contributed by atoms with Gasteiger partial charge < -0.3 is 0 Å². The van der Waals surface area contributed by atoms with E-state index < -0.39 is 9.84 Å². The normalized spacial score (nSPS) is 30.5. The molecule has 88 valence electrons. The quantitative estimate of drug-likeness (QED) is 0.613. The van der Waals surface area contributed by atoms with Gasteiger partial charge in [0.15, 0.2) is 0 Å². The highest BCUT2D eigenvalue weighted by Crippen LogP contribution is 2.20. The lowest BCUT2D eigenvalue weighted by Gasteiger charge is -2.39. The second kappa shape index (κ2) is 4.66. The molecule has 2 aliphatic rings. The highest BCUT2D eigenvalue weighted by Gasteiger charge is 2.29. The zero-order valence-electron chi connectivity index (χ0n) is 8.93. The summed E-state index contributed by atoms with van der Waals surface area (Å²) in [5, 5.41) is 0. The van der Waals surface area contributed by atoms with E-state index in [4.69, 9.17) is 0 Å². The lowest BCUT2D eigenvalue weighted by atomic mass is 10.1. The topological polar surface area (TPSA) is 40.6 Å². The molecule has 0 aromatic rings. The van der Waals surface area contributed by atoms with Crippen LogP contribution < -0.4 is 0 Å². The Morgan fingerprint density at radius 1 is 1.00 bits per heavy atom. The van der Waals surface area contributed by atoms with E-state index in [-0.39, 0.29) is 0 Å². The van der Waals surface area contributed by atoms with Gasteiger partial charge in [-0.3, -0.25) is 9.57 Å². The first-order chi connectivity index (χ1) is 7.07. The molecule has 0 amide bonds. The van der Waals surface area contributed by atoms with Crippen LogP contribution in [0.25, 0.3) is 0 Å². The summed E-state index contributed by atoms with van der Waals surface area (Å²) in [6, 6.07) is 0.507. The van der Waals surface area contributed by atoms with Crippen LogP contribution in [0.2, 0.25) is 0 Å². The standard InChI is InChI=1S/C9H19N2O2PS/c12-15(13)7-1-9(2-8-15)10-3-5-11(14)6-4-10/h9H,1-8,14H2. The summed E-state index contributed by atoms with van der Waals surface area (Å²) in [6.07, 6.45) is 1.67. The molecular weight excluding hydrogens is 231 g/mol. The molecule has 0 aromatic carbocycles. The zero-order chi connectivity index (χ0) is 10.9. The lowest BCUT2D eigenvalue weighted by molar-refractivity contribution is 0.133. The van der Waals surface area contributed by atoms with E-state index >= 15 is 0 Å². The number of rotatable bonds is 1. The number of hydrogen-bond acceptors (Lipinski definition) is 4. The Kier molecular flexibility index (Phi) is 3.66. The molecule has 2 rings (SSSR count). The van der Waals surface area contributed by atoms with Gasteiger partial charge in [-0.2, -0.15) is 0 Å². The largest absolute Gasteiger partial charge is 0.298 e. The van der Waals surface area contributed by atoms with Crippen molar-refractivity contribution in [1.82, 2.24) is 9.57 Å². The number of sulfone groups is 1. The Balaban J connectivity index is 1.86. The second-order valence-corrected chi connectivity index (χ2v) is 7.49. The molecular formula is C9H19N2O2PS. The van der Waals surface area contributed by atoms with Crippen LogP contribution in [0.3, 0.4) is 0 Å². The minimum atomic E-state index is -2.71. The second-order valence-electron chi connectivity index (χ2n) is 4.45. The highest BCUT2D eigenvalue weighted by molar-refractivity contribution is 7.91. The summed E-state index contributed by atoms with van der Waals surface area (Å²) in [5.41, 5.74) is 0. The first kappa shape index (κ1) is 11.8. The van der Waals surface area contributed by atoms with E-state index in [1.807, 2.05) is 0 Å². The van der Waals surface area contributed by atoms with Gasteiger partial charge in [0.2, 0.25) is 0 Å². The SMILES string of the molecule is O=S1(=O)CCC(N2CCN(P)CC2)CC1. The van der Waals surface area contributed by atoms with Crippen LogP contribution in [0.5, 0.6) is 0 Å². The molecule has 0 aliphatic carbocycles. The van der Waals surface area contributed by atoms with E-state index in [0.717, 1.165) is 39.0 Å². The van der Waals surface area contributed by atoms with Crippen LogP contribution in [0.1, 0.15) is 12.8 Å². The number of hydrogen-bond donors (Lipinski definition) is 0. The molecule has 6 heteroatoms. The summed E-state index contributed by atoms with van der Waals surface area (Å²) in [5.74, 6) is 0.775. The van der Waals surface area contributed by atoms with E-state index in [0.29, 0.717) is 17.5 Å². The summed E-state index contributed by atoms with van der Waals surface area (Å²) >= 11 is 0. The number of piperazine rings is 1. The van der Waals surface area contributed by atoms with Crippen molar-refractivity contribution in [3.05, 3.63) is 0 Å². The van der Waals surface area contributed by atoms with Crippen molar-refractivity contribution in [2.24, 2.45) is 0 Å². The Bertz CT molecular complexity index is 298. The lowest BCUT2D eigenvalue weighted by Crippen LogP contribution is -2.49. The summed E-state index contributed by atoms with van der Waals surface area (Å²) < 4.78 is 24.8. The van der Waals surface area contributed by atoms with Gasteiger partial charge in [0.25, 0.3) is 0 Å². The third-order valence-electron chi connectivity index (χ3n) is 3.39. The number of nitrogens with zero attached hydrogens (tertiary/aromatic N) is 2. The maximum absolute atomic E-state index is 11.3. The van der Waals surface area contributed by atoms with E-state index in [1.54, 1.807) is 0 Å². The fourth-order valence-electron chi connectivity index (χ4n) is 2.35. The molecule has 2 heterocycles. The van der Waals surface area contributed by atoms with Crippen molar-refractivity contribution < 1.29 is 8.42 Å². The third-order valence-corrected chi connectivity index (χ3v) is 5.62. The van der Waals surface area contributed by atoms with Gasteiger partial charge in [0.1, 0.15) is 9.84 Å². The molecule has 0 saturated carbocycles. The molecule has 0 spiro atoms. The van der Waals surface area contributed by atoms with Gasteiger partial charge >= 0.3 is 0 Å². The molecule has 4 nitrogen and oxygen atoms in total. The zero-order valence-corrected chi connectivity index (χ0v) is 10.9. The molecule has 0 aromatic heterocycles. The monoisotopic (exact) mass is 250 g/mol. The molecule has 2 fully saturated rings. The van der Waals surface area contributed by atoms with Crippen LogP contribution in [0.4, 0.5) is 0 Å². The van der Waals surface area contributed by atoms with Crippen LogP contribution >= 0.6 is 9.39 Å². The van der Waals surface area contributed by atoms with Crippen molar-refractivity contribution >= 4 is 19.2 Å². The van der Waals surface area contributed by atoms with Gasteiger partial charge in [-0.05, 0) is 12.8 Å². The fourth-order valence-corrected chi connectivity index (χ4v) is 4.04. The molecule has 0 N–H and O–H groups in total. The van der Waals surface area contributed by atoms with Crippen LogP contribution in [-0.2, 0) is 9.84 Å². The smallest absolute Gasteiger partial charge is 0.150 e. The van der Waals surface area contributed by atoms with Gasteiger partial charge in [-0.15, -0.1) is 0 Å². The molecule has 1 unspecified atom stereocenters. The van der Waals surface area contributed by atoms with Crippen molar-refractivity contribution in [2.75, 3.05) is 37.7 Å². The van der Waals surface area contributed by atoms with Crippen LogP contribution in [-0.4, -0.2) is 61.7 Å². The van der Waals surface area contributed by atoms with Crippen molar-refractivity contribution in [3.8, 4) is 0 Å². The predicted octanol–water partition coefficient (Wildman–Crippen LogP) is -0.0287.